The van der Waals surface area contributed by atoms with E-state index in [2.05, 4.69) is 28.2 Å². The Morgan fingerprint density at radius 2 is 2.10 bits per heavy atom. The fourth-order valence-corrected chi connectivity index (χ4v) is 4.46. The monoisotopic (exact) mass is 427 g/mol. The van der Waals surface area contributed by atoms with Crippen molar-refractivity contribution in [3.8, 4) is 0 Å². The van der Waals surface area contributed by atoms with Crippen LogP contribution < -0.4 is 10.2 Å². The maximum absolute atomic E-state index is 12.4. The Morgan fingerprint density at radius 1 is 1.27 bits per heavy atom. The van der Waals surface area contributed by atoms with Gasteiger partial charge in [0, 0.05) is 48.8 Å². The molecule has 7 heteroatoms. The van der Waals surface area contributed by atoms with Crippen molar-refractivity contribution in [3.63, 3.8) is 0 Å². The predicted octanol–water partition coefficient (Wildman–Crippen LogP) is 3.75. The maximum Gasteiger partial charge on any atom is 0.251 e. The van der Waals surface area contributed by atoms with Crippen LogP contribution in [0.2, 0.25) is 0 Å². The number of carbonyl (C=O) groups excluding carboxylic acids is 1. The third-order valence-corrected chi connectivity index (χ3v) is 6.24. The minimum absolute atomic E-state index is 0.0307. The number of hydrogen-bond donors (Lipinski definition) is 1. The average molecular weight is 428 g/mol. The number of piperidine rings is 1. The average Bonchev–Trinajstić information content (AvgIpc) is 2.72. The predicted molar refractivity (Wildman–Crippen MR) is 124 cm³/mol. The van der Waals surface area contributed by atoms with E-state index >= 15 is 0 Å². The van der Waals surface area contributed by atoms with Gasteiger partial charge < -0.3 is 15.1 Å². The zero-order valence-electron chi connectivity index (χ0n) is 18.5. The van der Waals surface area contributed by atoms with Gasteiger partial charge in [-0.1, -0.05) is 23.9 Å². The highest BCUT2D eigenvalue weighted by atomic mass is 32.2. The molecule has 1 aliphatic heterocycles. The number of nitrogens with one attached hydrogen (secondary N) is 1. The molecule has 30 heavy (non-hydrogen) atoms. The summed E-state index contributed by atoms with van der Waals surface area (Å²) in [5.41, 5.74) is 2.78. The minimum atomic E-state index is -0.0307. The fourth-order valence-electron chi connectivity index (χ4n) is 3.62. The topological polar surface area (TPSA) is 61.4 Å². The summed E-state index contributed by atoms with van der Waals surface area (Å²) in [6, 6.07) is 10.4. The molecule has 1 N–H and O–H groups in total. The van der Waals surface area contributed by atoms with Crippen molar-refractivity contribution < 1.29 is 4.79 Å². The Bertz CT molecular complexity index is 857. The minimum Gasteiger partial charge on any atom is -0.354 e. The van der Waals surface area contributed by atoms with Crippen molar-refractivity contribution in [2.45, 2.75) is 50.1 Å². The second-order valence-corrected chi connectivity index (χ2v) is 9.18. The van der Waals surface area contributed by atoms with Gasteiger partial charge in [0.05, 0.1) is 0 Å². The number of hydrogen-bond acceptors (Lipinski definition) is 6. The molecule has 0 spiro atoms. The van der Waals surface area contributed by atoms with Crippen LogP contribution >= 0.6 is 11.8 Å². The number of anilines is 1. The molecule has 0 aliphatic carbocycles. The number of carbonyl (C=O) groups is 1. The molecule has 2 heterocycles. The molecular formula is C23H33N5OS. The van der Waals surface area contributed by atoms with Gasteiger partial charge in [-0.2, -0.15) is 0 Å². The summed E-state index contributed by atoms with van der Waals surface area (Å²) < 4.78 is 0. The van der Waals surface area contributed by atoms with Crippen LogP contribution in [0.25, 0.3) is 0 Å². The molecule has 1 atom stereocenters. The van der Waals surface area contributed by atoms with Gasteiger partial charge in [0.25, 0.3) is 5.91 Å². The van der Waals surface area contributed by atoms with E-state index in [4.69, 9.17) is 4.98 Å². The summed E-state index contributed by atoms with van der Waals surface area (Å²) in [6.45, 7) is 6.83. The first kappa shape index (κ1) is 22.6. The first-order valence-corrected chi connectivity index (χ1v) is 11.7. The van der Waals surface area contributed by atoms with Crippen LogP contribution in [0.1, 0.15) is 47.8 Å². The molecule has 0 saturated carbocycles. The summed E-state index contributed by atoms with van der Waals surface area (Å²) in [7, 11) is 3.99. The smallest absolute Gasteiger partial charge is 0.251 e. The third kappa shape index (κ3) is 6.44. The number of rotatable bonds is 8. The number of amides is 1. The summed E-state index contributed by atoms with van der Waals surface area (Å²) in [4.78, 5) is 26.3. The summed E-state index contributed by atoms with van der Waals surface area (Å²) in [5.74, 6) is 1.74. The molecule has 1 saturated heterocycles. The van der Waals surface area contributed by atoms with Crippen molar-refractivity contribution in [2.75, 3.05) is 38.6 Å². The van der Waals surface area contributed by atoms with Gasteiger partial charge in [-0.15, -0.1) is 0 Å². The van der Waals surface area contributed by atoms with E-state index in [0.717, 1.165) is 41.1 Å². The van der Waals surface area contributed by atoms with E-state index in [0.29, 0.717) is 18.2 Å². The molecule has 0 bridgehead atoms. The van der Waals surface area contributed by atoms with Crippen LogP contribution in [0, 0.1) is 6.92 Å². The van der Waals surface area contributed by atoms with E-state index in [1.165, 1.54) is 19.3 Å². The quantitative estimate of drug-likeness (QED) is 0.511. The van der Waals surface area contributed by atoms with E-state index < -0.39 is 0 Å². The molecule has 1 aromatic heterocycles. The van der Waals surface area contributed by atoms with Crippen LogP contribution in [0.5, 0.6) is 0 Å². The fraction of sp³-hybridized carbons (Fsp3) is 0.522. The van der Waals surface area contributed by atoms with Crippen LogP contribution in [0.4, 0.5) is 5.82 Å². The number of benzene rings is 1. The Labute approximate surface area is 184 Å². The van der Waals surface area contributed by atoms with Gasteiger partial charge in [-0.05, 0) is 64.9 Å². The second-order valence-electron chi connectivity index (χ2n) is 8.24. The highest BCUT2D eigenvalue weighted by Gasteiger charge is 2.20. The lowest BCUT2D eigenvalue weighted by molar-refractivity contribution is 0.0951. The normalized spacial score (nSPS) is 16.7. The molecule has 1 aromatic carbocycles. The van der Waals surface area contributed by atoms with E-state index in [1.807, 2.05) is 50.2 Å². The van der Waals surface area contributed by atoms with Crippen molar-refractivity contribution in [2.24, 2.45) is 0 Å². The Morgan fingerprint density at radius 3 is 2.87 bits per heavy atom. The van der Waals surface area contributed by atoms with Crippen LogP contribution in [-0.4, -0.2) is 60.5 Å². The lowest BCUT2D eigenvalue weighted by Gasteiger charge is -2.34. The molecule has 0 radical (unpaired) electrons. The van der Waals surface area contributed by atoms with Gasteiger partial charge in [-0.3, -0.25) is 4.79 Å². The lowest BCUT2D eigenvalue weighted by atomic mass is 10.0. The number of thioether (sulfide) groups is 1. The summed E-state index contributed by atoms with van der Waals surface area (Å²) in [5, 5.41) is 3.76. The van der Waals surface area contributed by atoms with Crippen molar-refractivity contribution in [3.05, 3.63) is 47.2 Å². The highest BCUT2D eigenvalue weighted by molar-refractivity contribution is 7.98. The number of aromatic nitrogens is 2. The first-order valence-electron chi connectivity index (χ1n) is 10.7. The Kier molecular flexibility index (Phi) is 8.10. The van der Waals surface area contributed by atoms with Crippen molar-refractivity contribution in [1.29, 1.82) is 0 Å². The first-order chi connectivity index (χ1) is 14.4. The molecule has 162 valence electrons. The molecule has 3 rings (SSSR count). The standard InChI is InChI=1S/C23H33N5OS/c1-17-14-21(28-12-6-5-8-18(28)2)26-23(25-17)30-16-19-9-7-10-20(15-19)22(29)24-11-13-27(3)4/h7,9-10,14-15,18H,5-6,8,11-13,16H2,1-4H3,(H,24,29)/t18-/m1/s1. The van der Waals surface area contributed by atoms with Gasteiger partial charge in [0.15, 0.2) is 5.16 Å². The second kappa shape index (κ2) is 10.8. The van der Waals surface area contributed by atoms with Crippen LogP contribution in [-0.2, 0) is 5.75 Å². The summed E-state index contributed by atoms with van der Waals surface area (Å²) >= 11 is 1.62. The molecular weight excluding hydrogens is 394 g/mol. The SMILES string of the molecule is Cc1cc(N2CCCC[C@H]2C)nc(SCc2cccc(C(=O)NCCN(C)C)c2)n1. The molecule has 1 fully saturated rings. The zero-order chi connectivity index (χ0) is 21.5. The largest absolute Gasteiger partial charge is 0.354 e. The van der Waals surface area contributed by atoms with Crippen LogP contribution in [0.3, 0.4) is 0 Å². The lowest BCUT2D eigenvalue weighted by Crippen LogP contribution is -2.38. The maximum atomic E-state index is 12.4. The van der Waals surface area contributed by atoms with Gasteiger partial charge in [0.1, 0.15) is 5.82 Å². The summed E-state index contributed by atoms with van der Waals surface area (Å²) in [6.07, 6.45) is 3.73. The van der Waals surface area contributed by atoms with Gasteiger partial charge in [0.2, 0.25) is 0 Å². The Hall–Kier alpha value is -2.12. The van der Waals surface area contributed by atoms with Crippen molar-refractivity contribution in [1.82, 2.24) is 20.2 Å². The van der Waals surface area contributed by atoms with Gasteiger partial charge in [-0.25, -0.2) is 9.97 Å². The molecule has 1 amide bonds. The highest BCUT2D eigenvalue weighted by Crippen LogP contribution is 2.27. The van der Waals surface area contributed by atoms with E-state index in [-0.39, 0.29) is 5.91 Å². The van der Waals surface area contributed by atoms with Crippen LogP contribution in [0.15, 0.2) is 35.5 Å². The number of aryl methyl sites for hydroxylation is 1. The molecule has 2 aromatic rings. The molecule has 1 aliphatic rings. The Balaban J connectivity index is 1.63. The number of likely N-dealkylation sites (N-methyl/N-ethyl adjacent to an activating group) is 1. The molecule has 6 nitrogen and oxygen atoms in total. The van der Waals surface area contributed by atoms with Crippen molar-refractivity contribution >= 4 is 23.5 Å². The van der Waals surface area contributed by atoms with E-state index in [1.54, 1.807) is 11.8 Å². The van der Waals surface area contributed by atoms with E-state index in [9.17, 15) is 4.79 Å². The van der Waals surface area contributed by atoms with Gasteiger partial charge >= 0.3 is 0 Å². The zero-order valence-corrected chi connectivity index (χ0v) is 19.3. The number of nitrogens with zero attached hydrogens (tertiary/aromatic N) is 4. The molecule has 0 unspecified atom stereocenters. The third-order valence-electron chi connectivity index (χ3n) is 5.32.